The average molecular weight is 280 g/mol. The van der Waals surface area contributed by atoms with Crippen molar-refractivity contribution >= 4 is 5.97 Å². The van der Waals surface area contributed by atoms with Gasteiger partial charge in [0.2, 0.25) is 0 Å². The summed E-state index contributed by atoms with van der Waals surface area (Å²) < 4.78 is 5.29. The number of carboxylic acids is 1. The van der Waals surface area contributed by atoms with E-state index in [1.165, 1.54) is 0 Å². The Hall–Kier alpha value is -2.95. The second kappa shape index (κ2) is 5.20. The van der Waals surface area contributed by atoms with Gasteiger partial charge in [0.15, 0.2) is 0 Å². The monoisotopic (exact) mass is 280 g/mol. The maximum Gasteiger partial charge on any atom is 0.335 e. The Kier molecular flexibility index (Phi) is 3.23. The zero-order valence-electron chi connectivity index (χ0n) is 11.3. The molecule has 21 heavy (non-hydrogen) atoms. The fourth-order valence-corrected chi connectivity index (χ4v) is 2.19. The Bertz CT molecular complexity index is 777. The molecular weight excluding hydrogens is 268 g/mol. The van der Waals surface area contributed by atoms with Gasteiger partial charge in [-0.25, -0.2) is 4.79 Å². The highest BCUT2D eigenvalue weighted by atomic mass is 16.5. The molecular formula is C16H12N2O3. The number of carboxylic acid groups (broad SMARTS) is 1. The van der Waals surface area contributed by atoms with Crippen LogP contribution in [-0.2, 0) is 0 Å². The van der Waals surface area contributed by atoms with Gasteiger partial charge in [0.25, 0.3) is 0 Å². The van der Waals surface area contributed by atoms with Crippen LogP contribution in [0.1, 0.15) is 16.1 Å². The fourth-order valence-electron chi connectivity index (χ4n) is 2.19. The predicted octanol–water partition coefficient (Wildman–Crippen LogP) is 3.41. The normalized spacial score (nSPS) is 10.5. The Balaban J connectivity index is 2.10. The molecule has 104 valence electrons. The first-order valence-electron chi connectivity index (χ1n) is 6.37. The van der Waals surface area contributed by atoms with Crippen molar-refractivity contribution in [2.24, 2.45) is 0 Å². The number of aromatic carboxylic acids is 1. The number of nitrogens with zero attached hydrogens (tertiary/aromatic N) is 2. The van der Waals surface area contributed by atoms with Crippen molar-refractivity contribution in [3.05, 3.63) is 60.1 Å². The van der Waals surface area contributed by atoms with E-state index < -0.39 is 5.97 Å². The molecule has 0 aliphatic rings. The van der Waals surface area contributed by atoms with Gasteiger partial charge < -0.3 is 9.63 Å². The van der Waals surface area contributed by atoms with Crippen LogP contribution in [0.15, 0.2) is 53.3 Å². The van der Waals surface area contributed by atoms with Crippen LogP contribution in [0.2, 0.25) is 0 Å². The van der Waals surface area contributed by atoms with Crippen LogP contribution >= 0.6 is 0 Å². The van der Waals surface area contributed by atoms with Gasteiger partial charge in [0.1, 0.15) is 11.5 Å². The van der Waals surface area contributed by atoms with Crippen molar-refractivity contribution in [1.29, 1.82) is 0 Å². The first-order valence-corrected chi connectivity index (χ1v) is 6.37. The summed E-state index contributed by atoms with van der Waals surface area (Å²) in [6, 6.07) is 10.4. The Morgan fingerprint density at radius 1 is 1.14 bits per heavy atom. The summed E-state index contributed by atoms with van der Waals surface area (Å²) in [5, 5.41) is 13.0. The second-order valence-corrected chi connectivity index (χ2v) is 4.59. The zero-order chi connectivity index (χ0) is 14.8. The van der Waals surface area contributed by atoms with E-state index in [4.69, 9.17) is 9.63 Å². The molecule has 0 atom stereocenters. The van der Waals surface area contributed by atoms with E-state index in [2.05, 4.69) is 10.1 Å². The molecule has 0 aliphatic carbocycles. The van der Waals surface area contributed by atoms with Gasteiger partial charge in [-0.2, -0.15) is 0 Å². The summed E-state index contributed by atoms with van der Waals surface area (Å²) in [4.78, 5) is 15.0. The maximum atomic E-state index is 10.9. The largest absolute Gasteiger partial charge is 0.478 e. The number of carbonyl (C=O) groups is 1. The predicted molar refractivity (Wildman–Crippen MR) is 76.9 cm³/mol. The summed E-state index contributed by atoms with van der Waals surface area (Å²) in [7, 11) is 0. The Morgan fingerprint density at radius 2 is 1.90 bits per heavy atom. The van der Waals surface area contributed by atoms with Crippen molar-refractivity contribution in [3.8, 4) is 22.4 Å². The number of benzene rings is 1. The first kappa shape index (κ1) is 13.1. The van der Waals surface area contributed by atoms with Crippen LogP contribution in [0.5, 0.6) is 0 Å². The van der Waals surface area contributed by atoms with Crippen molar-refractivity contribution in [2.75, 3.05) is 0 Å². The van der Waals surface area contributed by atoms with Gasteiger partial charge in [0, 0.05) is 18.0 Å². The van der Waals surface area contributed by atoms with Crippen molar-refractivity contribution in [3.63, 3.8) is 0 Å². The molecule has 0 amide bonds. The third-order valence-electron chi connectivity index (χ3n) is 3.22. The summed E-state index contributed by atoms with van der Waals surface area (Å²) in [5.74, 6) is -0.270. The van der Waals surface area contributed by atoms with E-state index in [0.717, 1.165) is 16.7 Å². The smallest absolute Gasteiger partial charge is 0.335 e. The molecule has 2 heterocycles. The van der Waals surface area contributed by atoms with Crippen LogP contribution in [0, 0.1) is 6.92 Å². The lowest BCUT2D eigenvalue weighted by atomic mass is 9.99. The second-order valence-electron chi connectivity index (χ2n) is 4.59. The number of aryl methyl sites for hydroxylation is 1. The Labute approximate surface area is 120 Å². The van der Waals surface area contributed by atoms with Gasteiger partial charge in [0.05, 0.1) is 11.1 Å². The molecule has 0 fully saturated rings. The Morgan fingerprint density at radius 3 is 2.52 bits per heavy atom. The minimum atomic E-state index is -0.948. The summed E-state index contributed by atoms with van der Waals surface area (Å²) in [6.07, 6.45) is 3.41. The van der Waals surface area contributed by atoms with E-state index in [-0.39, 0.29) is 5.56 Å². The van der Waals surface area contributed by atoms with Gasteiger partial charge in [-0.15, -0.1) is 0 Å². The fraction of sp³-hybridized carbons (Fsp3) is 0.0625. The van der Waals surface area contributed by atoms with Crippen molar-refractivity contribution in [1.82, 2.24) is 10.1 Å². The lowest BCUT2D eigenvalue weighted by Crippen LogP contribution is -1.95. The topological polar surface area (TPSA) is 76.2 Å². The standard InChI is InChI=1S/C16H12N2O3/c1-10-14(11-4-6-12(7-5-11)16(19)20)15(18-21-10)13-3-2-8-17-9-13/h2-9H,1H3,(H,19,20). The number of hydrogen-bond donors (Lipinski definition) is 1. The van der Waals surface area contributed by atoms with Gasteiger partial charge in [-0.05, 0) is 36.8 Å². The molecule has 3 rings (SSSR count). The quantitative estimate of drug-likeness (QED) is 0.795. The SMILES string of the molecule is Cc1onc(-c2cccnc2)c1-c1ccc(C(=O)O)cc1. The average Bonchev–Trinajstić information content (AvgIpc) is 2.90. The van der Waals surface area contributed by atoms with Crippen molar-refractivity contribution < 1.29 is 14.4 Å². The van der Waals surface area contributed by atoms with Crippen LogP contribution in [0.4, 0.5) is 0 Å². The van der Waals surface area contributed by atoms with E-state index in [0.29, 0.717) is 11.5 Å². The highest BCUT2D eigenvalue weighted by Crippen LogP contribution is 2.33. The maximum absolute atomic E-state index is 10.9. The van der Waals surface area contributed by atoms with Crippen LogP contribution < -0.4 is 0 Å². The van der Waals surface area contributed by atoms with Gasteiger partial charge >= 0.3 is 5.97 Å². The molecule has 3 aromatic rings. The van der Waals surface area contributed by atoms with Crippen LogP contribution in [0.3, 0.4) is 0 Å². The molecule has 2 aromatic heterocycles. The molecule has 1 N–H and O–H groups in total. The highest BCUT2D eigenvalue weighted by Gasteiger charge is 2.17. The molecule has 0 spiro atoms. The van der Waals surface area contributed by atoms with E-state index >= 15 is 0 Å². The molecule has 5 heteroatoms. The molecule has 0 unspecified atom stereocenters. The molecule has 5 nitrogen and oxygen atoms in total. The molecule has 0 aliphatic heterocycles. The lowest BCUT2D eigenvalue weighted by Gasteiger charge is -2.03. The van der Waals surface area contributed by atoms with E-state index in [9.17, 15) is 4.79 Å². The molecule has 0 bridgehead atoms. The minimum absolute atomic E-state index is 0.246. The third kappa shape index (κ3) is 2.41. The molecule has 0 saturated carbocycles. The summed E-state index contributed by atoms with van der Waals surface area (Å²) in [5.41, 5.74) is 3.50. The van der Waals surface area contributed by atoms with Crippen LogP contribution in [-0.4, -0.2) is 21.2 Å². The molecule has 0 radical (unpaired) electrons. The number of rotatable bonds is 3. The number of pyridine rings is 1. The van der Waals surface area contributed by atoms with E-state index in [1.807, 2.05) is 19.1 Å². The highest BCUT2D eigenvalue weighted by molar-refractivity contribution is 5.89. The zero-order valence-corrected chi connectivity index (χ0v) is 11.3. The minimum Gasteiger partial charge on any atom is -0.478 e. The number of aromatic nitrogens is 2. The summed E-state index contributed by atoms with van der Waals surface area (Å²) in [6.45, 7) is 1.83. The van der Waals surface area contributed by atoms with E-state index in [1.54, 1.807) is 36.7 Å². The van der Waals surface area contributed by atoms with Crippen molar-refractivity contribution in [2.45, 2.75) is 6.92 Å². The summed E-state index contributed by atoms with van der Waals surface area (Å²) >= 11 is 0. The first-order chi connectivity index (χ1) is 10.2. The van der Waals surface area contributed by atoms with Gasteiger partial charge in [-0.1, -0.05) is 17.3 Å². The van der Waals surface area contributed by atoms with Gasteiger partial charge in [-0.3, -0.25) is 4.98 Å². The van der Waals surface area contributed by atoms with Crippen LogP contribution in [0.25, 0.3) is 22.4 Å². The molecule has 1 aromatic carbocycles. The molecule has 0 saturated heterocycles. The third-order valence-corrected chi connectivity index (χ3v) is 3.22. The lowest BCUT2D eigenvalue weighted by molar-refractivity contribution is 0.0697. The number of hydrogen-bond acceptors (Lipinski definition) is 4.